The predicted molar refractivity (Wildman–Crippen MR) is 95.0 cm³/mol. The molecule has 4 aliphatic carbocycles. The summed E-state index contributed by atoms with van der Waals surface area (Å²) in [5.41, 5.74) is 2.23. The number of ketones is 1. The van der Waals surface area contributed by atoms with Crippen molar-refractivity contribution in [3.05, 3.63) is 11.6 Å². The van der Waals surface area contributed by atoms with Gasteiger partial charge in [-0.15, -0.1) is 0 Å². The summed E-state index contributed by atoms with van der Waals surface area (Å²) >= 11 is 0. The van der Waals surface area contributed by atoms with E-state index in [-0.39, 0.29) is 5.41 Å². The number of Topliss-reactive ketones (excluding diaryl/α,β-unsaturated/α-hetero) is 1. The van der Waals surface area contributed by atoms with Gasteiger partial charge in [-0.25, -0.2) is 0 Å². The molecule has 0 heterocycles. The van der Waals surface area contributed by atoms with E-state index in [9.17, 15) is 4.79 Å². The van der Waals surface area contributed by atoms with Crippen LogP contribution >= 0.6 is 0 Å². The van der Waals surface area contributed by atoms with Crippen LogP contribution in [0.3, 0.4) is 0 Å². The third kappa shape index (κ3) is 2.01. The van der Waals surface area contributed by atoms with Crippen LogP contribution in [0.1, 0.15) is 79.1 Å². The summed E-state index contributed by atoms with van der Waals surface area (Å²) in [7, 11) is 0. The van der Waals surface area contributed by atoms with E-state index in [0.717, 1.165) is 36.5 Å². The number of carbonyl (C=O) groups is 1. The van der Waals surface area contributed by atoms with E-state index in [0.29, 0.717) is 17.1 Å². The molecule has 0 aromatic heterocycles. The van der Waals surface area contributed by atoms with Gasteiger partial charge in [-0.05, 0) is 80.0 Å². The van der Waals surface area contributed by atoms with Crippen LogP contribution in [0.25, 0.3) is 0 Å². The van der Waals surface area contributed by atoms with Crippen molar-refractivity contribution in [3.63, 3.8) is 0 Å². The summed E-state index contributed by atoms with van der Waals surface area (Å²) in [5, 5.41) is 0. The first-order valence-electron chi connectivity index (χ1n) is 10.1. The second kappa shape index (κ2) is 5.20. The van der Waals surface area contributed by atoms with Crippen molar-refractivity contribution in [2.75, 3.05) is 0 Å². The molecule has 6 atom stereocenters. The molecule has 1 nitrogen and oxygen atoms in total. The van der Waals surface area contributed by atoms with Gasteiger partial charge in [0.2, 0.25) is 0 Å². The number of hydrogen-bond donors (Lipinski definition) is 0. The van der Waals surface area contributed by atoms with Crippen LogP contribution in [0.2, 0.25) is 0 Å². The van der Waals surface area contributed by atoms with Gasteiger partial charge in [-0.3, -0.25) is 4.79 Å². The van der Waals surface area contributed by atoms with E-state index in [1.807, 2.05) is 0 Å². The summed E-state index contributed by atoms with van der Waals surface area (Å²) < 4.78 is 0. The molecule has 23 heavy (non-hydrogen) atoms. The Hall–Kier alpha value is -0.590. The average molecular weight is 315 g/mol. The maximum absolute atomic E-state index is 12.5. The smallest absolute Gasteiger partial charge is 0.139 e. The van der Waals surface area contributed by atoms with Crippen molar-refractivity contribution in [1.82, 2.24) is 0 Å². The minimum absolute atomic E-state index is 0.0187. The lowest BCUT2D eigenvalue weighted by Crippen LogP contribution is -2.53. The Morgan fingerprint density at radius 3 is 2.61 bits per heavy atom. The van der Waals surface area contributed by atoms with Gasteiger partial charge in [-0.1, -0.05) is 39.3 Å². The lowest BCUT2D eigenvalue weighted by Gasteiger charge is -2.59. The molecule has 128 valence electrons. The van der Waals surface area contributed by atoms with E-state index in [2.05, 4.69) is 33.8 Å². The molecule has 1 heteroatoms. The predicted octanol–water partition coefficient (Wildman–Crippen LogP) is 5.79. The van der Waals surface area contributed by atoms with Crippen LogP contribution in [0, 0.1) is 40.4 Å². The fourth-order valence-corrected chi connectivity index (χ4v) is 7.59. The lowest BCUT2D eigenvalue weighted by atomic mass is 9.45. The number of rotatable bonds is 1. The molecule has 0 N–H and O–H groups in total. The number of allylic oxidation sites excluding steroid dienone is 2. The molecule has 0 saturated heterocycles. The molecule has 0 aromatic rings. The third-order valence-corrected chi connectivity index (χ3v) is 8.78. The number of hydrogen-bond acceptors (Lipinski definition) is 1. The second-order valence-electron chi connectivity index (χ2n) is 9.79. The SMILES string of the molecule is CC(C)C1CCCC2=CC[C@H]3[C@@H]4CCC(=O)[C@@]4(C)CC[C@@H]3[C@]21C. The average Bonchev–Trinajstić information content (AvgIpc) is 2.81. The Kier molecular flexibility index (Phi) is 3.60. The summed E-state index contributed by atoms with van der Waals surface area (Å²) in [6.45, 7) is 9.79. The van der Waals surface area contributed by atoms with Gasteiger partial charge in [0.25, 0.3) is 0 Å². The van der Waals surface area contributed by atoms with Crippen LogP contribution in [0.5, 0.6) is 0 Å². The van der Waals surface area contributed by atoms with Crippen molar-refractivity contribution in [2.45, 2.75) is 79.1 Å². The highest BCUT2D eigenvalue weighted by molar-refractivity contribution is 5.87. The largest absolute Gasteiger partial charge is 0.299 e. The highest BCUT2D eigenvalue weighted by Gasteiger charge is 2.60. The van der Waals surface area contributed by atoms with Gasteiger partial charge in [0.15, 0.2) is 0 Å². The van der Waals surface area contributed by atoms with Crippen molar-refractivity contribution < 1.29 is 4.79 Å². The maximum atomic E-state index is 12.5. The second-order valence-corrected chi connectivity index (χ2v) is 9.79. The van der Waals surface area contributed by atoms with E-state index >= 15 is 0 Å². The molecule has 4 aliphatic rings. The number of fused-ring (bicyclic) bond motifs is 5. The molecule has 3 fully saturated rings. The molecule has 0 aliphatic heterocycles. The van der Waals surface area contributed by atoms with Gasteiger partial charge in [0, 0.05) is 11.8 Å². The first-order valence-corrected chi connectivity index (χ1v) is 10.1. The molecular formula is C22H34O. The van der Waals surface area contributed by atoms with Crippen molar-refractivity contribution in [2.24, 2.45) is 40.4 Å². The van der Waals surface area contributed by atoms with E-state index < -0.39 is 0 Å². The van der Waals surface area contributed by atoms with Crippen LogP contribution in [0.15, 0.2) is 11.6 Å². The molecule has 0 amide bonds. The molecule has 0 aromatic carbocycles. The Balaban J connectivity index is 1.74. The topological polar surface area (TPSA) is 17.1 Å². The summed E-state index contributed by atoms with van der Waals surface area (Å²) in [6.07, 6.45) is 12.5. The maximum Gasteiger partial charge on any atom is 0.139 e. The standard InChI is InChI=1S/C22H34O/c1-14(2)17-7-5-6-15-8-9-16-18-10-11-20(23)21(18,3)13-12-19(16)22(15,17)4/h8,14,16-19H,5-7,9-13H2,1-4H3/t16-,17?,18-,19-,21-,22+/m0/s1. The lowest BCUT2D eigenvalue weighted by molar-refractivity contribution is -0.133. The first-order chi connectivity index (χ1) is 10.9. The zero-order valence-electron chi connectivity index (χ0n) is 15.5. The van der Waals surface area contributed by atoms with Gasteiger partial charge in [0.05, 0.1) is 0 Å². The minimum Gasteiger partial charge on any atom is -0.299 e. The summed E-state index contributed by atoms with van der Waals surface area (Å²) in [6, 6.07) is 0. The Morgan fingerprint density at radius 2 is 1.87 bits per heavy atom. The Labute approximate surface area is 142 Å². The summed E-state index contributed by atoms with van der Waals surface area (Å²) in [5.74, 6) is 4.47. The van der Waals surface area contributed by atoms with E-state index in [4.69, 9.17) is 0 Å². The van der Waals surface area contributed by atoms with Crippen LogP contribution in [0.4, 0.5) is 0 Å². The molecule has 1 unspecified atom stereocenters. The minimum atomic E-state index is 0.0187. The Bertz CT molecular complexity index is 544. The Morgan fingerprint density at radius 1 is 1.09 bits per heavy atom. The first kappa shape index (κ1) is 15.9. The zero-order chi connectivity index (χ0) is 16.4. The third-order valence-electron chi connectivity index (χ3n) is 8.78. The van der Waals surface area contributed by atoms with Crippen molar-refractivity contribution in [1.29, 1.82) is 0 Å². The number of carbonyl (C=O) groups excluding carboxylic acids is 1. The molecular weight excluding hydrogens is 280 g/mol. The highest BCUT2D eigenvalue weighted by atomic mass is 16.1. The van der Waals surface area contributed by atoms with Crippen LogP contribution in [-0.4, -0.2) is 5.78 Å². The zero-order valence-corrected chi connectivity index (χ0v) is 15.5. The monoisotopic (exact) mass is 314 g/mol. The van der Waals surface area contributed by atoms with Gasteiger partial charge < -0.3 is 0 Å². The molecule has 0 spiro atoms. The van der Waals surface area contributed by atoms with Gasteiger partial charge >= 0.3 is 0 Å². The van der Waals surface area contributed by atoms with E-state index in [1.54, 1.807) is 5.57 Å². The van der Waals surface area contributed by atoms with Gasteiger partial charge in [-0.2, -0.15) is 0 Å². The molecule has 3 saturated carbocycles. The van der Waals surface area contributed by atoms with E-state index in [1.165, 1.54) is 38.5 Å². The molecule has 4 rings (SSSR count). The van der Waals surface area contributed by atoms with Crippen molar-refractivity contribution >= 4 is 5.78 Å². The molecule has 0 radical (unpaired) electrons. The van der Waals surface area contributed by atoms with Crippen LogP contribution < -0.4 is 0 Å². The highest BCUT2D eigenvalue weighted by Crippen LogP contribution is 2.66. The van der Waals surface area contributed by atoms with Gasteiger partial charge in [0.1, 0.15) is 5.78 Å². The fourth-order valence-electron chi connectivity index (χ4n) is 7.59. The van der Waals surface area contributed by atoms with Crippen molar-refractivity contribution in [3.8, 4) is 0 Å². The fraction of sp³-hybridized carbons (Fsp3) is 0.864. The molecule has 0 bridgehead atoms. The summed E-state index contributed by atoms with van der Waals surface area (Å²) in [4.78, 5) is 12.5. The quantitative estimate of drug-likeness (QED) is 0.560. The normalized spacial score (nSPS) is 49.4. The van der Waals surface area contributed by atoms with Crippen LogP contribution in [-0.2, 0) is 4.79 Å².